The van der Waals surface area contributed by atoms with E-state index in [-0.39, 0.29) is 17.7 Å². The summed E-state index contributed by atoms with van der Waals surface area (Å²) < 4.78 is 4.98. The van der Waals surface area contributed by atoms with Crippen molar-refractivity contribution in [3.8, 4) is 0 Å². The second kappa shape index (κ2) is 7.66. The molecule has 2 aromatic heterocycles. The highest BCUT2D eigenvalue weighted by Gasteiger charge is 2.29. The van der Waals surface area contributed by atoms with E-state index >= 15 is 0 Å². The van der Waals surface area contributed by atoms with E-state index in [1.54, 1.807) is 13.0 Å². The maximum Gasteiger partial charge on any atom is 0.254 e. The second-order valence-electron chi connectivity index (χ2n) is 7.71. The molecule has 0 atom stereocenters. The van der Waals surface area contributed by atoms with Gasteiger partial charge in [0.25, 0.3) is 5.91 Å². The van der Waals surface area contributed by atoms with Gasteiger partial charge in [-0.05, 0) is 51.8 Å². The van der Waals surface area contributed by atoms with E-state index in [4.69, 9.17) is 4.52 Å². The predicted octanol–water partition coefficient (Wildman–Crippen LogP) is 3.64. The highest BCUT2D eigenvalue weighted by Crippen LogP contribution is 2.25. The zero-order chi connectivity index (χ0) is 20.5. The number of carbonyl (C=O) groups excluding carboxylic acids is 2. The zero-order valence-electron chi connectivity index (χ0n) is 16.9. The van der Waals surface area contributed by atoms with E-state index in [2.05, 4.69) is 15.5 Å². The Morgan fingerprint density at radius 3 is 2.55 bits per heavy atom. The van der Waals surface area contributed by atoms with E-state index < -0.39 is 0 Å². The largest absolute Gasteiger partial charge is 0.360 e. The molecule has 1 saturated heterocycles. The van der Waals surface area contributed by atoms with Crippen molar-refractivity contribution in [1.82, 2.24) is 15.0 Å². The van der Waals surface area contributed by atoms with Crippen LogP contribution in [0.1, 0.15) is 40.2 Å². The Kier molecular flexibility index (Phi) is 5.05. The molecule has 3 heterocycles. The number of anilines is 1. The number of pyridine rings is 1. The van der Waals surface area contributed by atoms with Crippen LogP contribution >= 0.6 is 0 Å². The lowest BCUT2D eigenvalue weighted by molar-refractivity contribution is -0.121. The van der Waals surface area contributed by atoms with Crippen molar-refractivity contribution in [2.45, 2.75) is 33.6 Å². The minimum absolute atomic E-state index is 0.00270. The molecule has 4 rings (SSSR count). The molecular weight excluding hydrogens is 368 g/mol. The average Bonchev–Trinajstić information content (AvgIpc) is 3.12. The lowest BCUT2D eigenvalue weighted by Crippen LogP contribution is -2.41. The van der Waals surface area contributed by atoms with Gasteiger partial charge in [0.1, 0.15) is 5.76 Å². The highest BCUT2D eigenvalue weighted by atomic mass is 16.5. The molecule has 1 N–H and O–H groups in total. The van der Waals surface area contributed by atoms with Crippen LogP contribution in [0.5, 0.6) is 0 Å². The summed E-state index contributed by atoms with van der Waals surface area (Å²) in [5, 5.41) is 7.47. The van der Waals surface area contributed by atoms with Gasteiger partial charge in [-0.15, -0.1) is 0 Å². The lowest BCUT2D eigenvalue weighted by Gasteiger charge is -2.31. The number of fused-ring (bicyclic) bond motifs is 1. The van der Waals surface area contributed by atoms with Crippen LogP contribution in [-0.4, -0.2) is 39.9 Å². The Balaban J connectivity index is 1.46. The van der Waals surface area contributed by atoms with Crippen LogP contribution in [0.4, 0.5) is 5.82 Å². The number of rotatable bonds is 3. The number of likely N-dealkylation sites (tertiary alicyclic amines) is 1. The third kappa shape index (κ3) is 3.99. The molecule has 29 heavy (non-hydrogen) atoms. The summed E-state index contributed by atoms with van der Waals surface area (Å²) in [7, 11) is 0. The van der Waals surface area contributed by atoms with E-state index in [9.17, 15) is 9.59 Å². The first kappa shape index (κ1) is 19.1. The number of hydrogen-bond acceptors (Lipinski definition) is 5. The van der Waals surface area contributed by atoms with Gasteiger partial charge in [0, 0.05) is 36.2 Å². The smallest absolute Gasteiger partial charge is 0.254 e. The van der Waals surface area contributed by atoms with Crippen molar-refractivity contribution in [2.75, 3.05) is 18.4 Å². The summed E-state index contributed by atoms with van der Waals surface area (Å²) in [5.74, 6) is 0.855. The molecule has 0 unspecified atom stereocenters. The summed E-state index contributed by atoms with van der Waals surface area (Å²) >= 11 is 0. The van der Waals surface area contributed by atoms with Crippen LogP contribution in [0, 0.1) is 26.7 Å². The van der Waals surface area contributed by atoms with Gasteiger partial charge in [0.2, 0.25) is 5.91 Å². The molecule has 1 aliphatic heterocycles. The minimum Gasteiger partial charge on any atom is -0.360 e. The first-order valence-corrected chi connectivity index (χ1v) is 9.82. The zero-order valence-corrected chi connectivity index (χ0v) is 16.9. The molecule has 1 aliphatic rings. The molecule has 0 radical (unpaired) electrons. The molecule has 0 spiro atoms. The molecule has 1 fully saturated rings. The number of aryl methyl sites for hydroxylation is 3. The van der Waals surface area contributed by atoms with Gasteiger partial charge < -0.3 is 14.7 Å². The van der Waals surface area contributed by atoms with Crippen molar-refractivity contribution in [3.05, 3.63) is 52.9 Å². The first-order chi connectivity index (χ1) is 13.9. The quantitative estimate of drug-likeness (QED) is 0.735. The highest BCUT2D eigenvalue weighted by molar-refractivity contribution is 6.06. The normalized spacial score (nSPS) is 14.9. The molecule has 0 aliphatic carbocycles. The maximum absolute atomic E-state index is 13.2. The average molecular weight is 392 g/mol. The summed E-state index contributed by atoms with van der Waals surface area (Å²) in [4.78, 5) is 32.1. The van der Waals surface area contributed by atoms with Gasteiger partial charge in [-0.3, -0.25) is 14.6 Å². The molecule has 150 valence electrons. The van der Waals surface area contributed by atoms with Gasteiger partial charge >= 0.3 is 0 Å². The Morgan fingerprint density at radius 1 is 1.10 bits per heavy atom. The first-order valence-electron chi connectivity index (χ1n) is 9.82. The minimum atomic E-state index is -0.144. The van der Waals surface area contributed by atoms with Crippen molar-refractivity contribution in [3.63, 3.8) is 0 Å². The number of aromatic nitrogens is 2. The number of piperidine rings is 1. The van der Waals surface area contributed by atoms with Crippen LogP contribution in [0.15, 0.2) is 34.9 Å². The standard InChI is InChI=1S/C22H24N4O3/c1-13-4-5-19-17(10-13)18(11-14(2)23-19)22(28)26-8-6-16(7-9-26)21(27)24-20-12-15(3)29-25-20/h4-5,10-12,16H,6-9H2,1-3H3,(H,24,25,27). The van der Waals surface area contributed by atoms with Crippen molar-refractivity contribution in [1.29, 1.82) is 0 Å². The SMILES string of the molecule is Cc1ccc2nc(C)cc(C(=O)N3CCC(C(=O)Nc4cc(C)on4)CC3)c2c1. The monoisotopic (exact) mass is 392 g/mol. The predicted molar refractivity (Wildman–Crippen MR) is 110 cm³/mol. The third-order valence-corrected chi connectivity index (χ3v) is 5.35. The van der Waals surface area contributed by atoms with Gasteiger partial charge in [-0.25, -0.2) is 0 Å². The number of carbonyl (C=O) groups is 2. The van der Waals surface area contributed by atoms with Gasteiger partial charge in [0.15, 0.2) is 5.82 Å². The topological polar surface area (TPSA) is 88.3 Å². The van der Waals surface area contributed by atoms with E-state index in [0.29, 0.717) is 43.1 Å². The van der Waals surface area contributed by atoms with E-state index in [0.717, 1.165) is 22.2 Å². The Labute approximate surface area is 169 Å². The Bertz CT molecular complexity index is 1080. The summed E-state index contributed by atoms with van der Waals surface area (Å²) in [6.45, 7) is 6.78. The van der Waals surface area contributed by atoms with E-state index in [1.165, 1.54) is 0 Å². The van der Waals surface area contributed by atoms with Crippen molar-refractivity contribution >= 4 is 28.5 Å². The van der Waals surface area contributed by atoms with Crippen LogP contribution in [0.2, 0.25) is 0 Å². The fourth-order valence-electron chi connectivity index (χ4n) is 3.82. The number of nitrogens with zero attached hydrogens (tertiary/aromatic N) is 3. The molecule has 1 aromatic carbocycles. The number of benzene rings is 1. The summed E-state index contributed by atoms with van der Waals surface area (Å²) in [5.41, 5.74) is 3.42. The van der Waals surface area contributed by atoms with Gasteiger partial charge in [-0.2, -0.15) is 0 Å². The van der Waals surface area contributed by atoms with Gasteiger partial charge in [0.05, 0.1) is 11.1 Å². The van der Waals surface area contributed by atoms with Gasteiger partial charge in [-0.1, -0.05) is 16.8 Å². The fourth-order valence-corrected chi connectivity index (χ4v) is 3.82. The molecule has 0 saturated carbocycles. The molecular formula is C22H24N4O3. The third-order valence-electron chi connectivity index (χ3n) is 5.35. The molecule has 7 nitrogen and oxygen atoms in total. The van der Waals surface area contributed by atoms with Crippen molar-refractivity contribution in [2.24, 2.45) is 5.92 Å². The van der Waals surface area contributed by atoms with Crippen LogP contribution in [0.25, 0.3) is 10.9 Å². The molecule has 3 aromatic rings. The number of nitrogens with one attached hydrogen (secondary N) is 1. The number of hydrogen-bond donors (Lipinski definition) is 1. The van der Waals surface area contributed by atoms with Crippen LogP contribution in [0.3, 0.4) is 0 Å². The maximum atomic E-state index is 13.2. The Morgan fingerprint density at radius 2 is 1.86 bits per heavy atom. The lowest BCUT2D eigenvalue weighted by atomic mass is 9.95. The molecule has 2 amide bonds. The Hall–Kier alpha value is -3.22. The molecule has 0 bridgehead atoms. The number of amides is 2. The summed E-state index contributed by atoms with van der Waals surface area (Å²) in [6, 6.07) is 9.51. The van der Waals surface area contributed by atoms with Crippen LogP contribution in [-0.2, 0) is 4.79 Å². The fraction of sp³-hybridized carbons (Fsp3) is 0.364. The summed E-state index contributed by atoms with van der Waals surface area (Å²) in [6.07, 6.45) is 1.24. The van der Waals surface area contributed by atoms with E-state index in [1.807, 2.05) is 43.0 Å². The second-order valence-corrected chi connectivity index (χ2v) is 7.71. The van der Waals surface area contributed by atoms with Crippen molar-refractivity contribution < 1.29 is 14.1 Å². The van der Waals surface area contributed by atoms with Crippen LogP contribution < -0.4 is 5.32 Å². The molecule has 7 heteroatoms.